The number of rotatable bonds is 3. The quantitative estimate of drug-likeness (QED) is 0.495. The minimum Gasteiger partial charge on any atom is -0.497 e. The Morgan fingerprint density at radius 3 is 2.14 bits per heavy atom. The minimum absolute atomic E-state index is 0.0794. The molecule has 0 saturated carbocycles. The van der Waals surface area contributed by atoms with E-state index in [1.54, 1.807) is 7.11 Å². The van der Waals surface area contributed by atoms with Crippen LogP contribution in [0, 0.1) is 0 Å². The molecule has 0 saturated heterocycles. The maximum atomic E-state index is 13.3. The van der Waals surface area contributed by atoms with Crippen LogP contribution in [0.3, 0.4) is 0 Å². The van der Waals surface area contributed by atoms with Gasteiger partial charge < -0.3 is 10.5 Å². The topological polar surface area (TPSA) is 78.1 Å². The second-order valence-electron chi connectivity index (χ2n) is 6.81. The van der Waals surface area contributed by atoms with Crippen molar-refractivity contribution in [2.45, 2.75) is 0 Å². The molecule has 0 fully saturated rings. The minimum atomic E-state index is -0.0794. The first-order valence-electron chi connectivity index (χ1n) is 9.23. The van der Waals surface area contributed by atoms with Gasteiger partial charge in [-0.15, -0.1) is 0 Å². The molecule has 1 aliphatic rings. The van der Waals surface area contributed by atoms with Crippen molar-refractivity contribution in [1.29, 1.82) is 0 Å². The average Bonchev–Trinajstić information content (AvgIpc) is 3.06. The average molecular weight is 379 g/mol. The van der Waals surface area contributed by atoms with Gasteiger partial charge in [0, 0.05) is 16.7 Å². The third-order valence-electron chi connectivity index (χ3n) is 5.15. The molecule has 29 heavy (non-hydrogen) atoms. The molecule has 5 heteroatoms. The number of anilines is 1. The van der Waals surface area contributed by atoms with Crippen LogP contribution in [0.5, 0.6) is 5.75 Å². The normalized spacial score (nSPS) is 11.8. The second kappa shape index (κ2) is 6.56. The largest absolute Gasteiger partial charge is 0.497 e. The number of benzene rings is 3. The van der Waals surface area contributed by atoms with E-state index in [0.717, 1.165) is 28.0 Å². The Bertz CT molecular complexity index is 1250. The molecule has 0 aliphatic heterocycles. The molecule has 5 rings (SSSR count). The highest BCUT2D eigenvalue weighted by Crippen LogP contribution is 2.45. The van der Waals surface area contributed by atoms with Crippen LogP contribution in [0.4, 0.5) is 5.95 Å². The summed E-state index contributed by atoms with van der Waals surface area (Å²) in [6, 6.07) is 23.0. The molecule has 5 nitrogen and oxygen atoms in total. The molecule has 0 radical (unpaired) electrons. The van der Waals surface area contributed by atoms with E-state index in [1.807, 2.05) is 72.8 Å². The zero-order valence-electron chi connectivity index (χ0n) is 15.7. The van der Waals surface area contributed by atoms with Crippen molar-refractivity contribution < 1.29 is 9.53 Å². The molecule has 4 aromatic rings. The SMILES string of the molecule is COc1ccc(-c2cccc3c2-c2nc(N)nc(-c4ccccc4)c2C3=O)cc1. The maximum Gasteiger partial charge on any atom is 0.221 e. The lowest BCUT2D eigenvalue weighted by molar-refractivity contribution is 0.104. The summed E-state index contributed by atoms with van der Waals surface area (Å²) >= 11 is 0. The van der Waals surface area contributed by atoms with E-state index >= 15 is 0 Å². The van der Waals surface area contributed by atoms with Crippen molar-refractivity contribution in [3.63, 3.8) is 0 Å². The molecular formula is C24H17N3O2. The van der Waals surface area contributed by atoms with Gasteiger partial charge >= 0.3 is 0 Å². The first-order valence-corrected chi connectivity index (χ1v) is 9.23. The van der Waals surface area contributed by atoms with Crippen LogP contribution < -0.4 is 10.5 Å². The first kappa shape index (κ1) is 17.1. The molecule has 3 aromatic carbocycles. The van der Waals surface area contributed by atoms with Crippen molar-refractivity contribution in [3.05, 3.63) is 83.9 Å². The first-order chi connectivity index (χ1) is 14.2. The summed E-state index contributed by atoms with van der Waals surface area (Å²) in [4.78, 5) is 22.2. The van der Waals surface area contributed by atoms with Gasteiger partial charge in [0.25, 0.3) is 0 Å². The van der Waals surface area contributed by atoms with E-state index in [9.17, 15) is 4.79 Å². The summed E-state index contributed by atoms with van der Waals surface area (Å²) in [5.41, 5.74) is 11.8. The van der Waals surface area contributed by atoms with Gasteiger partial charge in [-0.05, 0) is 23.3 Å². The highest BCUT2D eigenvalue weighted by atomic mass is 16.5. The lowest BCUT2D eigenvalue weighted by Crippen LogP contribution is -2.05. The van der Waals surface area contributed by atoms with Gasteiger partial charge in [-0.2, -0.15) is 0 Å². The van der Waals surface area contributed by atoms with E-state index in [1.165, 1.54) is 0 Å². The van der Waals surface area contributed by atoms with Crippen LogP contribution in [0.15, 0.2) is 72.8 Å². The van der Waals surface area contributed by atoms with Crippen LogP contribution >= 0.6 is 0 Å². The predicted molar refractivity (Wildman–Crippen MR) is 113 cm³/mol. The maximum absolute atomic E-state index is 13.3. The fourth-order valence-corrected chi connectivity index (χ4v) is 3.82. The fourth-order valence-electron chi connectivity index (χ4n) is 3.82. The fraction of sp³-hybridized carbons (Fsp3) is 0.0417. The van der Waals surface area contributed by atoms with E-state index in [-0.39, 0.29) is 11.7 Å². The third-order valence-corrected chi connectivity index (χ3v) is 5.15. The van der Waals surface area contributed by atoms with E-state index in [4.69, 9.17) is 10.5 Å². The molecule has 0 amide bonds. The van der Waals surface area contributed by atoms with Gasteiger partial charge in [-0.25, -0.2) is 9.97 Å². The highest BCUT2D eigenvalue weighted by molar-refractivity contribution is 6.25. The van der Waals surface area contributed by atoms with Gasteiger partial charge in [0.05, 0.1) is 24.1 Å². The van der Waals surface area contributed by atoms with Gasteiger partial charge in [0.1, 0.15) is 5.75 Å². The number of nitrogens with two attached hydrogens (primary N) is 1. The van der Waals surface area contributed by atoms with Crippen LogP contribution in [0.1, 0.15) is 15.9 Å². The molecule has 2 N–H and O–H groups in total. The summed E-state index contributed by atoms with van der Waals surface area (Å²) in [6.45, 7) is 0. The van der Waals surface area contributed by atoms with Crippen LogP contribution in [0.25, 0.3) is 33.6 Å². The van der Waals surface area contributed by atoms with Crippen molar-refractivity contribution in [2.75, 3.05) is 12.8 Å². The molecule has 1 aromatic heterocycles. The number of methoxy groups -OCH3 is 1. The number of carbonyl (C=O) groups is 1. The molecule has 0 atom stereocenters. The van der Waals surface area contributed by atoms with Gasteiger partial charge in [-0.3, -0.25) is 4.79 Å². The molecular weight excluding hydrogens is 362 g/mol. The zero-order valence-corrected chi connectivity index (χ0v) is 15.7. The number of fused-ring (bicyclic) bond motifs is 3. The van der Waals surface area contributed by atoms with Crippen molar-refractivity contribution in [2.24, 2.45) is 0 Å². The number of carbonyl (C=O) groups excluding carboxylic acids is 1. The Morgan fingerprint density at radius 2 is 1.41 bits per heavy atom. The highest BCUT2D eigenvalue weighted by Gasteiger charge is 2.34. The summed E-state index contributed by atoms with van der Waals surface area (Å²) in [6.07, 6.45) is 0. The van der Waals surface area contributed by atoms with Crippen LogP contribution in [0.2, 0.25) is 0 Å². The Hall–Kier alpha value is -3.99. The van der Waals surface area contributed by atoms with Crippen molar-refractivity contribution in [1.82, 2.24) is 9.97 Å². The van der Waals surface area contributed by atoms with Gasteiger partial charge in [-0.1, -0.05) is 60.7 Å². The summed E-state index contributed by atoms with van der Waals surface area (Å²) in [7, 11) is 1.63. The van der Waals surface area contributed by atoms with E-state index in [2.05, 4.69) is 9.97 Å². The summed E-state index contributed by atoms with van der Waals surface area (Å²) in [5.74, 6) is 0.840. The Balaban J connectivity index is 1.77. The predicted octanol–water partition coefficient (Wildman–Crippen LogP) is 4.61. The number of ether oxygens (including phenoxy) is 1. The summed E-state index contributed by atoms with van der Waals surface area (Å²) in [5, 5.41) is 0. The van der Waals surface area contributed by atoms with E-state index in [0.29, 0.717) is 22.5 Å². The number of aromatic nitrogens is 2. The van der Waals surface area contributed by atoms with Crippen LogP contribution in [-0.4, -0.2) is 22.9 Å². The lowest BCUT2D eigenvalue weighted by Gasteiger charge is -2.11. The molecule has 0 spiro atoms. The standard InChI is InChI=1S/C24H17N3O2/c1-29-16-12-10-14(11-13-16)17-8-5-9-18-19(17)22-20(23(18)28)21(26-24(25)27-22)15-6-3-2-4-7-15/h2-13H,1H3,(H2,25,26,27). The lowest BCUT2D eigenvalue weighted by atomic mass is 9.96. The Kier molecular flexibility index (Phi) is 3.88. The number of ketones is 1. The van der Waals surface area contributed by atoms with Gasteiger partial charge in [0.15, 0.2) is 5.78 Å². The molecule has 140 valence electrons. The number of nitrogen functional groups attached to an aromatic ring is 1. The van der Waals surface area contributed by atoms with Crippen LogP contribution in [-0.2, 0) is 0 Å². The number of hydrogen-bond donors (Lipinski definition) is 1. The third kappa shape index (κ3) is 2.67. The number of nitrogens with zero attached hydrogens (tertiary/aromatic N) is 2. The van der Waals surface area contributed by atoms with E-state index < -0.39 is 0 Å². The van der Waals surface area contributed by atoms with Gasteiger partial charge in [0.2, 0.25) is 5.95 Å². The molecule has 1 heterocycles. The molecule has 0 bridgehead atoms. The Morgan fingerprint density at radius 1 is 0.724 bits per heavy atom. The zero-order chi connectivity index (χ0) is 20.0. The van der Waals surface area contributed by atoms with Crippen molar-refractivity contribution >= 4 is 11.7 Å². The smallest absolute Gasteiger partial charge is 0.221 e. The number of hydrogen-bond acceptors (Lipinski definition) is 5. The summed E-state index contributed by atoms with van der Waals surface area (Å²) < 4.78 is 5.26. The second-order valence-corrected chi connectivity index (χ2v) is 6.81. The molecule has 1 aliphatic carbocycles. The van der Waals surface area contributed by atoms with Crippen molar-refractivity contribution in [3.8, 4) is 39.4 Å². The monoisotopic (exact) mass is 379 g/mol. The Labute approximate surface area is 167 Å². The molecule has 0 unspecified atom stereocenters.